The van der Waals surface area contributed by atoms with Gasteiger partial charge in [-0.15, -0.1) is 11.3 Å². The Balaban J connectivity index is 1.55. The summed E-state index contributed by atoms with van der Waals surface area (Å²) in [7, 11) is -2.00. The van der Waals surface area contributed by atoms with Crippen LogP contribution < -0.4 is 10.7 Å². The Kier molecular flexibility index (Phi) is 8.90. The average molecular weight is 590 g/mol. The maximum absolute atomic E-state index is 13.2. The number of nitrogens with one attached hydrogen (secondary N) is 1. The van der Waals surface area contributed by atoms with Crippen molar-refractivity contribution in [3.8, 4) is 0 Å². The van der Waals surface area contributed by atoms with Crippen molar-refractivity contribution in [1.82, 2.24) is 14.2 Å². The van der Waals surface area contributed by atoms with Gasteiger partial charge in [0.15, 0.2) is 0 Å². The van der Waals surface area contributed by atoms with Gasteiger partial charge in [0.25, 0.3) is 5.91 Å². The molecule has 0 saturated heterocycles. The largest absolute Gasteiger partial charge is 0.392 e. The zero-order valence-corrected chi connectivity index (χ0v) is 23.7. The number of aromatic nitrogens is 1. The first kappa shape index (κ1) is 28.9. The van der Waals surface area contributed by atoms with Gasteiger partial charge in [0.05, 0.1) is 24.4 Å². The van der Waals surface area contributed by atoms with E-state index in [4.69, 9.17) is 11.6 Å². The number of fused-ring (bicyclic) bond motifs is 1. The third-order valence-corrected chi connectivity index (χ3v) is 8.91. The number of sulfonamides is 1. The van der Waals surface area contributed by atoms with Crippen molar-refractivity contribution in [2.45, 2.75) is 25.8 Å². The molecule has 1 atom stereocenters. The molecule has 0 saturated carbocycles. The fourth-order valence-electron chi connectivity index (χ4n) is 4.07. The number of carbonyl (C=O) groups is 1. The molecule has 12 heteroatoms. The molecule has 4 aromatic rings. The number of amides is 1. The molecule has 206 valence electrons. The standard InChI is InChI=1S/C27H28ClN3O6S2/c1-30-14-23(26(35)29-12-17-5-9-20(28)10-6-17)25(34)22-11-21(38-27(22)30)13-31(39(2,36)37)15-24(33)19-7-3-18(16-32)4-8-19/h3-11,14,24,32-33H,12-13,15-16H2,1-2H3,(H,29,35)/t24-/m1/s1. The normalized spacial score (nSPS) is 12.7. The molecular formula is C27H28ClN3O6S2. The minimum atomic E-state index is -3.71. The molecule has 0 aliphatic rings. The van der Waals surface area contributed by atoms with Gasteiger partial charge in [-0.1, -0.05) is 48.0 Å². The van der Waals surface area contributed by atoms with E-state index in [1.807, 2.05) is 0 Å². The van der Waals surface area contributed by atoms with Gasteiger partial charge in [0, 0.05) is 42.8 Å². The van der Waals surface area contributed by atoms with Crippen LogP contribution in [0.5, 0.6) is 0 Å². The number of nitrogens with zero attached hydrogens (tertiary/aromatic N) is 2. The van der Waals surface area contributed by atoms with Crippen LogP contribution in [-0.2, 0) is 36.8 Å². The summed E-state index contributed by atoms with van der Waals surface area (Å²) in [4.78, 5) is 27.2. The van der Waals surface area contributed by atoms with Crippen molar-refractivity contribution in [1.29, 1.82) is 0 Å². The van der Waals surface area contributed by atoms with Gasteiger partial charge in [0.2, 0.25) is 15.5 Å². The van der Waals surface area contributed by atoms with Crippen LogP contribution in [0.25, 0.3) is 10.2 Å². The van der Waals surface area contributed by atoms with E-state index in [2.05, 4.69) is 5.32 Å². The van der Waals surface area contributed by atoms with Gasteiger partial charge in [-0.3, -0.25) is 9.59 Å². The van der Waals surface area contributed by atoms with Gasteiger partial charge in [0.1, 0.15) is 10.4 Å². The van der Waals surface area contributed by atoms with Crippen LogP contribution in [0.3, 0.4) is 0 Å². The molecule has 4 rings (SSSR count). The van der Waals surface area contributed by atoms with Gasteiger partial charge < -0.3 is 20.1 Å². The third kappa shape index (κ3) is 6.93. The number of carbonyl (C=O) groups excluding carboxylic acids is 1. The number of halogens is 1. The van der Waals surface area contributed by atoms with Crippen LogP contribution in [0.1, 0.15) is 38.0 Å². The number of benzene rings is 2. The molecule has 0 unspecified atom stereocenters. The minimum absolute atomic E-state index is 0.0231. The summed E-state index contributed by atoms with van der Waals surface area (Å²) in [5.41, 5.74) is 1.55. The zero-order chi connectivity index (χ0) is 28.3. The molecule has 2 heterocycles. The van der Waals surface area contributed by atoms with Gasteiger partial charge in [-0.05, 0) is 34.9 Å². The van der Waals surface area contributed by atoms with Crippen molar-refractivity contribution in [3.05, 3.63) is 103 Å². The Morgan fingerprint density at radius 3 is 2.38 bits per heavy atom. The van der Waals surface area contributed by atoms with Crippen molar-refractivity contribution in [2.24, 2.45) is 7.05 Å². The molecule has 2 aromatic heterocycles. The Labute approximate surface area is 235 Å². The van der Waals surface area contributed by atoms with Gasteiger partial charge in [-0.2, -0.15) is 4.31 Å². The number of aryl methyl sites for hydroxylation is 1. The highest BCUT2D eigenvalue weighted by Gasteiger charge is 2.24. The summed E-state index contributed by atoms with van der Waals surface area (Å²) < 4.78 is 27.9. The Morgan fingerprint density at radius 1 is 1.13 bits per heavy atom. The number of aliphatic hydroxyl groups excluding tert-OH is 2. The predicted octanol–water partition coefficient (Wildman–Crippen LogP) is 3.17. The van der Waals surface area contributed by atoms with Crippen LogP contribution >= 0.6 is 22.9 Å². The van der Waals surface area contributed by atoms with E-state index in [0.717, 1.165) is 16.1 Å². The van der Waals surface area contributed by atoms with Gasteiger partial charge >= 0.3 is 0 Å². The molecule has 1 amide bonds. The Bertz CT molecular complexity index is 1650. The average Bonchev–Trinajstić information content (AvgIpc) is 3.34. The maximum Gasteiger partial charge on any atom is 0.257 e. The first-order valence-corrected chi connectivity index (χ1v) is 15.0. The Hall–Kier alpha value is -3.06. The second-order valence-electron chi connectivity index (χ2n) is 9.19. The fraction of sp³-hybridized carbons (Fsp3) is 0.259. The molecule has 3 N–H and O–H groups in total. The predicted molar refractivity (Wildman–Crippen MR) is 152 cm³/mol. The van der Waals surface area contributed by atoms with E-state index < -0.39 is 27.5 Å². The molecule has 0 spiro atoms. The monoisotopic (exact) mass is 589 g/mol. The lowest BCUT2D eigenvalue weighted by Gasteiger charge is -2.22. The quantitative estimate of drug-likeness (QED) is 0.261. The topological polar surface area (TPSA) is 129 Å². The number of rotatable bonds is 10. The number of aliphatic hydroxyl groups is 2. The first-order chi connectivity index (χ1) is 18.5. The van der Waals surface area contributed by atoms with Crippen LogP contribution in [0.15, 0.2) is 65.6 Å². The lowest BCUT2D eigenvalue weighted by Crippen LogP contribution is -2.33. The zero-order valence-electron chi connectivity index (χ0n) is 21.3. The van der Waals surface area contributed by atoms with E-state index in [9.17, 15) is 28.2 Å². The Morgan fingerprint density at radius 2 is 1.77 bits per heavy atom. The van der Waals surface area contributed by atoms with Crippen LogP contribution in [-0.4, -0.2) is 46.2 Å². The third-order valence-electron chi connectivity index (χ3n) is 6.23. The van der Waals surface area contributed by atoms with Crippen LogP contribution in [0.2, 0.25) is 5.02 Å². The molecule has 9 nitrogen and oxygen atoms in total. The van der Waals surface area contributed by atoms with Crippen molar-refractivity contribution in [3.63, 3.8) is 0 Å². The van der Waals surface area contributed by atoms with Crippen LogP contribution in [0, 0.1) is 0 Å². The molecule has 0 aliphatic heterocycles. The molecule has 2 aromatic carbocycles. The highest BCUT2D eigenvalue weighted by atomic mass is 35.5. The molecule has 0 fully saturated rings. The van der Waals surface area contributed by atoms with E-state index >= 15 is 0 Å². The van der Waals surface area contributed by atoms with E-state index in [1.165, 1.54) is 17.5 Å². The highest BCUT2D eigenvalue weighted by molar-refractivity contribution is 7.88. The summed E-state index contributed by atoms with van der Waals surface area (Å²) in [5.74, 6) is -0.520. The van der Waals surface area contributed by atoms with Crippen molar-refractivity contribution < 1.29 is 23.4 Å². The van der Waals surface area contributed by atoms with Crippen molar-refractivity contribution >= 4 is 49.1 Å². The molecule has 0 aliphatic carbocycles. The molecular weight excluding hydrogens is 562 g/mol. The fourth-order valence-corrected chi connectivity index (χ4v) is 6.16. The van der Waals surface area contributed by atoms with Crippen LogP contribution in [0.4, 0.5) is 0 Å². The number of hydrogen-bond donors (Lipinski definition) is 3. The van der Waals surface area contributed by atoms with E-state index in [1.54, 1.807) is 66.2 Å². The molecule has 0 radical (unpaired) electrons. The van der Waals surface area contributed by atoms with E-state index in [-0.39, 0.29) is 31.8 Å². The van der Waals surface area contributed by atoms with Gasteiger partial charge in [-0.25, -0.2) is 8.42 Å². The summed E-state index contributed by atoms with van der Waals surface area (Å²) in [6.45, 7) is -0.162. The molecule has 39 heavy (non-hydrogen) atoms. The summed E-state index contributed by atoms with van der Waals surface area (Å²) >= 11 is 7.14. The highest BCUT2D eigenvalue weighted by Crippen LogP contribution is 2.27. The number of hydrogen-bond acceptors (Lipinski definition) is 7. The second-order valence-corrected chi connectivity index (χ2v) is 12.7. The summed E-state index contributed by atoms with van der Waals surface area (Å²) in [5, 5.41) is 23.6. The smallest absolute Gasteiger partial charge is 0.257 e. The second kappa shape index (κ2) is 12.0. The summed E-state index contributed by atoms with van der Waals surface area (Å²) in [6.07, 6.45) is 1.43. The minimum Gasteiger partial charge on any atom is -0.392 e. The molecule has 0 bridgehead atoms. The summed E-state index contributed by atoms with van der Waals surface area (Å²) in [6, 6.07) is 15.2. The maximum atomic E-state index is 13.2. The number of pyridine rings is 1. The number of thiophene rings is 1. The first-order valence-electron chi connectivity index (χ1n) is 11.9. The lowest BCUT2D eigenvalue weighted by molar-refractivity contribution is 0.0949. The SMILES string of the molecule is Cn1cc(C(=O)NCc2ccc(Cl)cc2)c(=O)c2cc(CN(C[C@@H](O)c3ccc(CO)cc3)S(C)(=O)=O)sc21. The van der Waals surface area contributed by atoms with Crippen molar-refractivity contribution in [2.75, 3.05) is 12.8 Å². The van der Waals surface area contributed by atoms with E-state index in [0.29, 0.717) is 31.2 Å². The lowest BCUT2D eigenvalue weighted by atomic mass is 10.1.